The summed E-state index contributed by atoms with van der Waals surface area (Å²) in [6, 6.07) is 0.465. The first kappa shape index (κ1) is 16.7. The van der Waals surface area contributed by atoms with Crippen molar-refractivity contribution in [2.75, 3.05) is 19.6 Å². The molecule has 3 rings (SSSR count). The molecule has 0 bridgehead atoms. The molecule has 1 aliphatic carbocycles. The molecule has 2 heterocycles. The van der Waals surface area contributed by atoms with Gasteiger partial charge in [0.1, 0.15) is 4.90 Å². The van der Waals surface area contributed by atoms with Crippen LogP contribution in [-0.2, 0) is 10.0 Å². The fourth-order valence-electron chi connectivity index (χ4n) is 2.69. The molecular weight excluding hydrogens is 312 g/mol. The van der Waals surface area contributed by atoms with E-state index in [1.165, 1.54) is 19.0 Å². The molecule has 0 amide bonds. The lowest BCUT2D eigenvalue weighted by Crippen LogP contribution is -2.45. The van der Waals surface area contributed by atoms with Gasteiger partial charge in [0, 0.05) is 19.1 Å². The Kier molecular flexibility index (Phi) is 5.29. The molecule has 0 radical (unpaired) electrons. The number of aromatic amines is 1. The summed E-state index contributed by atoms with van der Waals surface area (Å²) in [6.45, 7) is 4.02. The summed E-state index contributed by atoms with van der Waals surface area (Å²) < 4.78 is 26.6. The van der Waals surface area contributed by atoms with Crippen LogP contribution in [0.25, 0.3) is 0 Å². The van der Waals surface area contributed by atoms with Gasteiger partial charge in [0.15, 0.2) is 0 Å². The molecule has 0 atom stereocenters. The van der Waals surface area contributed by atoms with Crippen molar-refractivity contribution in [1.29, 1.82) is 0 Å². The van der Waals surface area contributed by atoms with Crippen LogP contribution in [0.4, 0.5) is 0 Å². The zero-order valence-electron chi connectivity index (χ0n) is 12.2. The molecule has 1 saturated carbocycles. The topological polar surface area (TPSA) is 78.1 Å². The minimum atomic E-state index is -3.38. The van der Waals surface area contributed by atoms with Crippen LogP contribution in [0.1, 0.15) is 31.4 Å². The second-order valence-corrected chi connectivity index (χ2v) is 7.80. The van der Waals surface area contributed by atoms with Crippen LogP contribution in [-0.4, -0.2) is 48.6 Å². The van der Waals surface area contributed by atoms with Crippen molar-refractivity contribution in [3.63, 3.8) is 0 Å². The third-order valence-corrected chi connectivity index (χ3v) is 6.26. The fourth-order valence-corrected chi connectivity index (χ4v) is 4.28. The molecule has 1 aromatic heterocycles. The Labute approximate surface area is 132 Å². The van der Waals surface area contributed by atoms with Crippen LogP contribution in [0, 0.1) is 12.8 Å². The van der Waals surface area contributed by atoms with Gasteiger partial charge >= 0.3 is 0 Å². The van der Waals surface area contributed by atoms with E-state index in [4.69, 9.17) is 0 Å². The van der Waals surface area contributed by atoms with Gasteiger partial charge in [0.2, 0.25) is 10.0 Å². The summed E-state index contributed by atoms with van der Waals surface area (Å²) in [4.78, 5) is 0.307. The van der Waals surface area contributed by atoms with Crippen LogP contribution >= 0.6 is 12.4 Å². The second kappa shape index (κ2) is 6.64. The minimum absolute atomic E-state index is 0. The summed E-state index contributed by atoms with van der Waals surface area (Å²) in [5.41, 5.74) is 0.610. The molecular formula is C13H23ClN4O2S. The molecule has 0 spiro atoms. The van der Waals surface area contributed by atoms with Crippen LogP contribution < -0.4 is 5.32 Å². The van der Waals surface area contributed by atoms with Crippen molar-refractivity contribution in [3.05, 3.63) is 11.9 Å². The zero-order valence-corrected chi connectivity index (χ0v) is 13.8. The molecule has 2 aliphatic rings. The molecule has 6 nitrogen and oxygen atoms in total. The maximum Gasteiger partial charge on any atom is 0.246 e. The van der Waals surface area contributed by atoms with Crippen molar-refractivity contribution >= 4 is 22.4 Å². The quantitative estimate of drug-likeness (QED) is 0.850. The number of halogens is 1. The Bertz CT molecular complexity index is 562. The molecule has 21 heavy (non-hydrogen) atoms. The highest BCUT2D eigenvalue weighted by atomic mass is 35.5. The van der Waals surface area contributed by atoms with Gasteiger partial charge in [-0.25, -0.2) is 8.42 Å². The lowest BCUT2D eigenvalue weighted by atomic mass is 10.1. The number of H-pyrrole nitrogens is 1. The Morgan fingerprint density at radius 1 is 1.33 bits per heavy atom. The van der Waals surface area contributed by atoms with E-state index in [9.17, 15) is 8.42 Å². The van der Waals surface area contributed by atoms with Crippen LogP contribution in [0.3, 0.4) is 0 Å². The Hall–Kier alpha value is -0.630. The van der Waals surface area contributed by atoms with Crippen LogP contribution in [0.2, 0.25) is 0 Å². The van der Waals surface area contributed by atoms with Gasteiger partial charge in [-0.1, -0.05) is 0 Å². The van der Waals surface area contributed by atoms with E-state index in [1.807, 2.05) is 0 Å². The molecule has 1 aromatic rings. The lowest BCUT2D eigenvalue weighted by Gasteiger charge is -2.31. The summed E-state index contributed by atoms with van der Waals surface area (Å²) in [5.74, 6) is 0.866. The Balaban J connectivity index is 0.00000161. The zero-order chi connectivity index (χ0) is 14.2. The number of aryl methyl sites for hydroxylation is 1. The number of aromatic nitrogens is 2. The number of hydrogen-bond acceptors (Lipinski definition) is 4. The maximum absolute atomic E-state index is 12.5. The Morgan fingerprint density at radius 3 is 2.52 bits per heavy atom. The third-order valence-electron chi connectivity index (χ3n) is 4.25. The lowest BCUT2D eigenvalue weighted by molar-refractivity contribution is 0.288. The second-order valence-electron chi connectivity index (χ2n) is 5.89. The van der Waals surface area contributed by atoms with E-state index in [1.54, 1.807) is 11.2 Å². The highest BCUT2D eigenvalue weighted by Crippen LogP contribution is 2.28. The van der Waals surface area contributed by atoms with Gasteiger partial charge in [-0.2, -0.15) is 9.40 Å². The van der Waals surface area contributed by atoms with Crippen LogP contribution in [0.5, 0.6) is 0 Å². The Morgan fingerprint density at radius 2 is 2.00 bits per heavy atom. The van der Waals surface area contributed by atoms with E-state index in [0.29, 0.717) is 29.7 Å². The van der Waals surface area contributed by atoms with Gasteiger partial charge in [0.25, 0.3) is 0 Å². The van der Waals surface area contributed by atoms with Gasteiger partial charge in [-0.05, 0) is 45.1 Å². The first-order valence-corrected chi connectivity index (χ1v) is 8.75. The van der Waals surface area contributed by atoms with Crippen molar-refractivity contribution < 1.29 is 8.42 Å². The molecule has 8 heteroatoms. The number of piperidine rings is 1. The molecule has 120 valence electrons. The number of hydrogen-bond donors (Lipinski definition) is 2. The third kappa shape index (κ3) is 3.77. The highest BCUT2D eigenvalue weighted by Gasteiger charge is 2.31. The van der Waals surface area contributed by atoms with Crippen molar-refractivity contribution in [1.82, 2.24) is 19.8 Å². The smallest absolute Gasteiger partial charge is 0.246 e. The molecule has 1 aliphatic heterocycles. The predicted octanol–water partition coefficient (Wildman–Crippen LogP) is 1.29. The number of nitrogens with one attached hydrogen (secondary N) is 2. The van der Waals surface area contributed by atoms with Crippen LogP contribution in [0.15, 0.2) is 11.1 Å². The van der Waals surface area contributed by atoms with Gasteiger partial charge in [-0.15, -0.1) is 12.4 Å². The summed E-state index contributed by atoms with van der Waals surface area (Å²) in [7, 11) is -3.38. The predicted molar refractivity (Wildman–Crippen MR) is 83.1 cm³/mol. The summed E-state index contributed by atoms with van der Waals surface area (Å²) in [5, 5.41) is 10.1. The summed E-state index contributed by atoms with van der Waals surface area (Å²) >= 11 is 0. The number of sulfonamides is 1. The number of rotatable bonds is 5. The molecule has 2 N–H and O–H groups in total. The standard InChI is InChI=1S/C13H22N4O2S.ClH/c1-10-13(9-15-16-10)20(18,19)17-6-4-12(5-7-17)14-8-11-2-3-11;/h9,11-12,14H,2-8H2,1H3,(H,15,16);1H. The average Bonchev–Trinajstić information content (AvgIpc) is 3.17. The van der Waals surface area contributed by atoms with E-state index in [0.717, 1.165) is 25.3 Å². The first-order chi connectivity index (χ1) is 9.57. The largest absolute Gasteiger partial charge is 0.314 e. The maximum atomic E-state index is 12.5. The number of nitrogens with zero attached hydrogens (tertiary/aromatic N) is 2. The van der Waals surface area contributed by atoms with E-state index < -0.39 is 10.0 Å². The molecule has 0 unspecified atom stereocenters. The monoisotopic (exact) mass is 334 g/mol. The first-order valence-electron chi connectivity index (χ1n) is 7.31. The fraction of sp³-hybridized carbons (Fsp3) is 0.769. The minimum Gasteiger partial charge on any atom is -0.314 e. The van der Waals surface area contributed by atoms with E-state index in [-0.39, 0.29) is 12.4 Å². The van der Waals surface area contributed by atoms with E-state index >= 15 is 0 Å². The normalized spacial score (nSPS) is 21.2. The highest BCUT2D eigenvalue weighted by molar-refractivity contribution is 7.89. The summed E-state index contributed by atoms with van der Waals surface area (Å²) in [6.07, 6.45) is 5.88. The van der Waals surface area contributed by atoms with Crippen molar-refractivity contribution in [3.8, 4) is 0 Å². The van der Waals surface area contributed by atoms with E-state index in [2.05, 4.69) is 15.5 Å². The molecule has 1 saturated heterocycles. The molecule has 0 aromatic carbocycles. The average molecular weight is 335 g/mol. The SMILES string of the molecule is Cc1[nH]ncc1S(=O)(=O)N1CCC(NCC2CC2)CC1.Cl. The van der Waals surface area contributed by atoms with Crippen molar-refractivity contribution in [2.24, 2.45) is 5.92 Å². The van der Waals surface area contributed by atoms with Gasteiger partial charge in [0.05, 0.1) is 11.9 Å². The van der Waals surface area contributed by atoms with Crippen molar-refractivity contribution in [2.45, 2.75) is 43.5 Å². The molecule has 2 fully saturated rings. The van der Waals surface area contributed by atoms with Gasteiger partial charge in [-0.3, -0.25) is 5.10 Å². The van der Waals surface area contributed by atoms with Gasteiger partial charge < -0.3 is 5.32 Å².